The fourth-order valence-electron chi connectivity index (χ4n) is 2.55. The van der Waals surface area contributed by atoms with Crippen LogP contribution in [0.1, 0.15) is 45.2 Å². The molecule has 138 valence electrons. The van der Waals surface area contributed by atoms with Gasteiger partial charge >= 0.3 is 0 Å². The fourth-order valence-corrected chi connectivity index (χ4v) is 2.55. The molecule has 0 saturated heterocycles. The molecule has 4 heteroatoms. The van der Waals surface area contributed by atoms with Crippen LogP contribution in [0, 0.1) is 13.8 Å². The van der Waals surface area contributed by atoms with Crippen LogP contribution in [-0.4, -0.2) is 44.6 Å². The van der Waals surface area contributed by atoms with Crippen LogP contribution < -0.4 is 10.1 Å². The van der Waals surface area contributed by atoms with Crippen molar-refractivity contribution >= 4 is 0 Å². The number of nitrogens with one attached hydrogen (secondary N) is 1. The Labute approximate surface area is 147 Å². The topological polar surface area (TPSA) is 39.7 Å². The zero-order chi connectivity index (χ0) is 18.0. The average Bonchev–Trinajstić information content (AvgIpc) is 2.50. The van der Waals surface area contributed by atoms with Crippen LogP contribution in [0.15, 0.2) is 18.2 Å². The Kier molecular flexibility index (Phi) is 9.34. The Morgan fingerprint density at radius 1 is 1.12 bits per heavy atom. The minimum absolute atomic E-state index is 0.102. The Hall–Kier alpha value is -1.10. The highest BCUT2D eigenvalue weighted by atomic mass is 16.5. The molecule has 1 aromatic carbocycles. The van der Waals surface area contributed by atoms with Gasteiger partial charge in [0, 0.05) is 25.8 Å². The molecule has 24 heavy (non-hydrogen) atoms. The lowest BCUT2D eigenvalue weighted by molar-refractivity contribution is -0.0345. The predicted molar refractivity (Wildman–Crippen MR) is 100 cm³/mol. The van der Waals surface area contributed by atoms with E-state index >= 15 is 0 Å². The van der Waals surface area contributed by atoms with Crippen molar-refractivity contribution in [2.24, 2.45) is 0 Å². The first-order chi connectivity index (χ1) is 11.4. The number of hydrogen-bond donors (Lipinski definition) is 1. The first kappa shape index (κ1) is 20.9. The SMILES string of the molecule is CCOC(C)(C)CCOCCNC(C)COc1c(C)cccc1C. The third-order valence-electron chi connectivity index (χ3n) is 4.01. The van der Waals surface area contributed by atoms with Crippen molar-refractivity contribution < 1.29 is 14.2 Å². The van der Waals surface area contributed by atoms with E-state index in [9.17, 15) is 0 Å². The number of aryl methyl sites for hydroxylation is 2. The van der Waals surface area contributed by atoms with E-state index in [2.05, 4.69) is 58.1 Å². The highest BCUT2D eigenvalue weighted by molar-refractivity contribution is 5.39. The molecule has 1 unspecified atom stereocenters. The highest BCUT2D eigenvalue weighted by Gasteiger charge is 2.16. The summed E-state index contributed by atoms with van der Waals surface area (Å²) in [4.78, 5) is 0. The van der Waals surface area contributed by atoms with Crippen molar-refractivity contribution in [2.45, 2.75) is 59.6 Å². The first-order valence-electron chi connectivity index (χ1n) is 9.00. The summed E-state index contributed by atoms with van der Waals surface area (Å²) in [6.45, 7) is 16.2. The third-order valence-corrected chi connectivity index (χ3v) is 4.01. The molecule has 4 nitrogen and oxygen atoms in total. The quantitative estimate of drug-likeness (QED) is 0.588. The largest absolute Gasteiger partial charge is 0.491 e. The van der Waals surface area contributed by atoms with E-state index in [1.807, 2.05) is 6.92 Å². The van der Waals surface area contributed by atoms with Crippen molar-refractivity contribution in [2.75, 3.05) is 33.0 Å². The molecule has 0 aliphatic heterocycles. The maximum absolute atomic E-state index is 5.96. The van der Waals surface area contributed by atoms with Gasteiger partial charge in [-0.3, -0.25) is 0 Å². The van der Waals surface area contributed by atoms with Crippen LogP contribution in [0.3, 0.4) is 0 Å². The summed E-state index contributed by atoms with van der Waals surface area (Å²) >= 11 is 0. The van der Waals surface area contributed by atoms with Gasteiger partial charge in [-0.2, -0.15) is 0 Å². The van der Waals surface area contributed by atoms with Crippen molar-refractivity contribution in [1.29, 1.82) is 0 Å². The molecular weight excluding hydrogens is 302 g/mol. The second kappa shape index (κ2) is 10.7. The van der Waals surface area contributed by atoms with Crippen LogP contribution in [-0.2, 0) is 9.47 Å². The van der Waals surface area contributed by atoms with Gasteiger partial charge in [0.05, 0.1) is 12.2 Å². The number of para-hydroxylation sites is 1. The number of hydrogen-bond acceptors (Lipinski definition) is 4. The molecule has 1 atom stereocenters. The molecule has 1 aromatic rings. The first-order valence-corrected chi connectivity index (χ1v) is 9.00. The number of ether oxygens (including phenoxy) is 3. The van der Waals surface area contributed by atoms with Crippen molar-refractivity contribution in [1.82, 2.24) is 5.32 Å². The van der Waals surface area contributed by atoms with E-state index < -0.39 is 0 Å². The summed E-state index contributed by atoms with van der Waals surface area (Å²) in [6.07, 6.45) is 0.909. The van der Waals surface area contributed by atoms with E-state index in [0.717, 1.165) is 31.9 Å². The van der Waals surface area contributed by atoms with E-state index in [0.29, 0.717) is 13.2 Å². The second-order valence-electron chi connectivity index (χ2n) is 6.94. The molecule has 1 rings (SSSR count). The summed E-state index contributed by atoms with van der Waals surface area (Å²) < 4.78 is 17.3. The maximum Gasteiger partial charge on any atom is 0.125 e. The van der Waals surface area contributed by atoms with Gasteiger partial charge in [-0.1, -0.05) is 18.2 Å². The van der Waals surface area contributed by atoms with E-state index in [1.165, 1.54) is 11.1 Å². The average molecular weight is 338 g/mol. The van der Waals surface area contributed by atoms with Gasteiger partial charge in [-0.15, -0.1) is 0 Å². The Balaban J connectivity index is 2.13. The van der Waals surface area contributed by atoms with Crippen LogP contribution in [0.5, 0.6) is 5.75 Å². The van der Waals surface area contributed by atoms with Gasteiger partial charge in [0.2, 0.25) is 0 Å². The van der Waals surface area contributed by atoms with Gasteiger partial charge in [-0.25, -0.2) is 0 Å². The molecule has 1 N–H and O–H groups in total. The lowest BCUT2D eigenvalue weighted by Gasteiger charge is -2.24. The van der Waals surface area contributed by atoms with Crippen LogP contribution in [0.2, 0.25) is 0 Å². The van der Waals surface area contributed by atoms with Gasteiger partial charge in [-0.05, 0) is 59.1 Å². The molecular formula is C20H35NO3. The van der Waals surface area contributed by atoms with Crippen LogP contribution in [0.4, 0.5) is 0 Å². The summed E-state index contributed by atoms with van der Waals surface area (Å²) in [7, 11) is 0. The van der Waals surface area contributed by atoms with E-state index in [4.69, 9.17) is 14.2 Å². The fraction of sp³-hybridized carbons (Fsp3) is 0.700. The van der Waals surface area contributed by atoms with Crippen molar-refractivity contribution in [3.63, 3.8) is 0 Å². The summed E-state index contributed by atoms with van der Waals surface area (Å²) in [5.41, 5.74) is 2.26. The molecule has 0 heterocycles. The predicted octanol–water partition coefficient (Wildman–Crippen LogP) is 3.88. The number of rotatable bonds is 12. The highest BCUT2D eigenvalue weighted by Crippen LogP contribution is 2.22. The maximum atomic E-state index is 5.96. The van der Waals surface area contributed by atoms with Gasteiger partial charge in [0.1, 0.15) is 12.4 Å². The van der Waals surface area contributed by atoms with Crippen LogP contribution in [0.25, 0.3) is 0 Å². The van der Waals surface area contributed by atoms with E-state index in [1.54, 1.807) is 0 Å². The minimum Gasteiger partial charge on any atom is -0.491 e. The molecule has 0 fully saturated rings. The normalized spacial score (nSPS) is 13.1. The smallest absolute Gasteiger partial charge is 0.125 e. The molecule has 0 saturated carbocycles. The second-order valence-corrected chi connectivity index (χ2v) is 6.94. The zero-order valence-electron chi connectivity index (χ0n) is 16.3. The van der Waals surface area contributed by atoms with Crippen molar-refractivity contribution in [3.8, 4) is 5.75 Å². The lowest BCUT2D eigenvalue weighted by Crippen LogP contribution is -2.34. The molecule has 0 aliphatic carbocycles. The summed E-state index contributed by atoms with van der Waals surface area (Å²) in [5, 5.41) is 3.43. The summed E-state index contributed by atoms with van der Waals surface area (Å²) in [5.74, 6) is 1.00. The molecule has 0 amide bonds. The zero-order valence-corrected chi connectivity index (χ0v) is 16.3. The molecule has 0 aromatic heterocycles. The van der Waals surface area contributed by atoms with Crippen molar-refractivity contribution in [3.05, 3.63) is 29.3 Å². The van der Waals surface area contributed by atoms with Gasteiger partial charge in [0.25, 0.3) is 0 Å². The molecule has 0 radical (unpaired) electrons. The van der Waals surface area contributed by atoms with E-state index in [-0.39, 0.29) is 11.6 Å². The van der Waals surface area contributed by atoms with Gasteiger partial charge < -0.3 is 19.5 Å². The molecule has 0 bridgehead atoms. The molecule has 0 spiro atoms. The Morgan fingerprint density at radius 3 is 2.42 bits per heavy atom. The Morgan fingerprint density at radius 2 is 1.79 bits per heavy atom. The summed E-state index contributed by atoms with van der Waals surface area (Å²) in [6, 6.07) is 6.51. The van der Waals surface area contributed by atoms with Gasteiger partial charge in [0.15, 0.2) is 0 Å². The lowest BCUT2D eigenvalue weighted by atomic mass is 10.1. The third kappa shape index (κ3) is 8.13. The Bertz CT molecular complexity index is 454. The molecule has 0 aliphatic rings. The monoisotopic (exact) mass is 337 g/mol. The van der Waals surface area contributed by atoms with Crippen LogP contribution >= 0.6 is 0 Å². The standard InChI is InChI=1S/C20H35NO3/c1-7-24-20(5,6)11-13-22-14-12-21-18(4)15-23-19-16(2)9-8-10-17(19)3/h8-10,18,21H,7,11-15H2,1-6H3. The minimum atomic E-state index is -0.102. The number of benzene rings is 1.